The summed E-state index contributed by atoms with van der Waals surface area (Å²) < 4.78 is 45.0. The predicted molar refractivity (Wildman–Crippen MR) is 91.9 cm³/mol. The maximum atomic E-state index is 13.6. The fourth-order valence-electron chi connectivity index (χ4n) is 2.17. The number of hydrogen-bond donors (Lipinski definition) is 2. The Hall–Kier alpha value is -0.640. The molecule has 0 atom stereocenters. The van der Waals surface area contributed by atoms with Crippen LogP contribution >= 0.6 is 24.8 Å². The average Bonchev–Trinajstić information content (AvgIpc) is 2.48. The van der Waals surface area contributed by atoms with Gasteiger partial charge >= 0.3 is 0 Å². The Morgan fingerprint density at radius 1 is 1.30 bits per heavy atom. The SMILES string of the molecule is COc1ccc(S(=O)(=O)NCCN2CCNCC2)cc1F.Cl.Cl. The van der Waals surface area contributed by atoms with Gasteiger partial charge in [0.05, 0.1) is 12.0 Å². The molecular formula is C13H22Cl2FN3O3S. The molecule has 1 saturated heterocycles. The van der Waals surface area contributed by atoms with Gasteiger partial charge in [-0.25, -0.2) is 17.5 Å². The molecule has 2 rings (SSSR count). The van der Waals surface area contributed by atoms with Gasteiger partial charge in [0.15, 0.2) is 11.6 Å². The van der Waals surface area contributed by atoms with Crippen molar-refractivity contribution in [2.24, 2.45) is 0 Å². The molecule has 0 unspecified atom stereocenters. The van der Waals surface area contributed by atoms with Gasteiger partial charge in [0, 0.05) is 39.3 Å². The lowest BCUT2D eigenvalue weighted by Crippen LogP contribution is -2.46. The molecule has 1 aliphatic heterocycles. The van der Waals surface area contributed by atoms with Gasteiger partial charge in [0.1, 0.15) is 0 Å². The number of hydrogen-bond acceptors (Lipinski definition) is 5. The van der Waals surface area contributed by atoms with Crippen molar-refractivity contribution < 1.29 is 17.5 Å². The Morgan fingerprint density at radius 3 is 2.52 bits per heavy atom. The van der Waals surface area contributed by atoms with Crippen molar-refractivity contribution in [3.05, 3.63) is 24.0 Å². The van der Waals surface area contributed by atoms with Gasteiger partial charge in [-0.15, -0.1) is 24.8 Å². The van der Waals surface area contributed by atoms with Crippen molar-refractivity contribution in [1.82, 2.24) is 14.9 Å². The Labute approximate surface area is 148 Å². The third kappa shape index (κ3) is 6.40. The first-order chi connectivity index (χ1) is 10.0. The smallest absolute Gasteiger partial charge is 0.240 e. The lowest BCUT2D eigenvalue weighted by Gasteiger charge is -2.27. The monoisotopic (exact) mass is 389 g/mol. The zero-order valence-electron chi connectivity index (χ0n) is 12.7. The molecule has 0 amide bonds. The number of piperazine rings is 1. The number of nitrogens with one attached hydrogen (secondary N) is 2. The highest BCUT2D eigenvalue weighted by Crippen LogP contribution is 2.20. The van der Waals surface area contributed by atoms with Crippen LogP contribution in [0.3, 0.4) is 0 Å². The van der Waals surface area contributed by atoms with E-state index in [1.165, 1.54) is 19.2 Å². The average molecular weight is 390 g/mol. The summed E-state index contributed by atoms with van der Waals surface area (Å²) in [6.07, 6.45) is 0. The number of nitrogens with zero attached hydrogens (tertiary/aromatic N) is 1. The van der Waals surface area contributed by atoms with Crippen LogP contribution < -0.4 is 14.8 Å². The quantitative estimate of drug-likeness (QED) is 0.754. The number of ether oxygens (including phenoxy) is 1. The third-order valence-electron chi connectivity index (χ3n) is 3.36. The topological polar surface area (TPSA) is 70.7 Å². The molecule has 1 aliphatic rings. The highest BCUT2D eigenvalue weighted by atomic mass is 35.5. The van der Waals surface area contributed by atoms with Crippen molar-refractivity contribution in [2.45, 2.75) is 4.90 Å². The molecule has 23 heavy (non-hydrogen) atoms. The van der Waals surface area contributed by atoms with Crippen LogP contribution in [0.2, 0.25) is 0 Å². The fraction of sp³-hybridized carbons (Fsp3) is 0.538. The minimum atomic E-state index is -3.70. The second kappa shape index (κ2) is 10.3. The van der Waals surface area contributed by atoms with E-state index in [1.807, 2.05) is 0 Å². The van der Waals surface area contributed by atoms with E-state index in [0.717, 1.165) is 32.2 Å². The van der Waals surface area contributed by atoms with Crippen LogP contribution in [0.5, 0.6) is 5.75 Å². The lowest BCUT2D eigenvalue weighted by molar-refractivity contribution is 0.245. The van der Waals surface area contributed by atoms with E-state index in [2.05, 4.69) is 14.9 Å². The molecular weight excluding hydrogens is 368 g/mol. The van der Waals surface area contributed by atoms with Crippen LogP contribution in [0.25, 0.3) is 0 Å². The highest BCUT2D eigenvalue weighted by molar-refractivity contribution is 7.89. The van der Waals surface area contributed by atoms with Crippen LogP contribution in [-0.4, -0.2) is 59.7 Å². The molecule has 10 heteroatoms. The number of rotatable bonds is 6. The summed E-state index contributed by atoms with van der Waals surface area (Å²) in [5.41, 5.74) is 0. The van der Waals surface area contributed by atoms with Gasteiger partial charge in [-0.05, 0) is 18.2 Å². The highest BCUT2D eigenvalue weighted by Gasteiger charge is 2.17. The first-order valence-corrected chi connectivity index (χ1v) is 8.27. The van der Waals surface area contributed by atoms with Gasteiger partial charge in [0.2, 0.25) is 10.0 Å². The molecule has 1 aromatic carbocycles. The van der Waals surface area contributed by atoms with Crippen LogP contribution in [0.1, 0.15) is 0 Å². The van der Waals surface area contributed by atoms with E-state index in [-0.39, 0.29) is 35.5 Å². The molecule has 0 bridgehead atoms. The summed E-state index contributed by atoms with van der Waals surface area (Å²) in [6, 6.07) is 3.60. The lowest BCUT2D eigenvalue weighted by atomic mass is 10.3. The predicted octanol–water partition coefficient (Wildman–Crippen LogP) is 0.861. The van der Waals surface area contributed by atoms with Gasteiger partial charge in [-0.3, -0.25) is 4.90 Å². The van der Waals surface area contributed by atoms with Crippen molar-refractivity contribution in [3.8, 4) is 5.75 Å². The molecule has 0 radical (unpaired) electrons. The number of halogens is 3. The van der Waals surface area contributed by atoms with Crippen LogP contribution in [0.4, 0.5) is 4.39 Å². The van der Waals surface area contributed by atoms with Crippen molar-refractivity contribution in [1.29, 1.82) is 0 Å². The Kier molecular flexibility index (Phi) is 9.99. The fourth-order valence-corrected chi connectivity index (χ4v) is 3.20. The summed E-state index contributed by atoms with van der Waals surface area (Å²) in [7, 11) is -2.36. The second-order valence-corrected chi connectivity index (χ2v) is 6.55. The van der Waals surface area contributed by atoms with E-state index in [0.29, 0.717) is 13.1 Å². The first kappa shape index (κ1) is 22.4. The summed E-state index contributed by atoms with van der Waals surface area (Å²) in [5, 5.41) is 3.23. The minimum absolute atomic E-state index is 0. The molecule has 1 aromatic rings. The molecule has 0 saturated carbocycles. The van der Waals surface area contributed by atoms with Crippen molar-refractivity contribution in [3.63, 3.8) is 0 Å². The van der Waals surface area contributed by atoms with E-state index in [4.69, 9.17) is 4.74 Å². The Balaban J connectivity index is 0.00000242. The zero-order chi connectivity index (χ0) is 15.3. The Bertz CT molecular complexity index is 584. The van der Waals surface area contributed by atoms with Gasteiger partial charge in [-0.1, -0.05) is 0 Å². The van der Waals surface area contributed by atoms with E-state index in [9.17, 15) is 12.8 Å². The molecule has 0 spiro atoms. The molecule has 134 valence electrons. The standard InChI is InChI=1S/C13H20FN3O3S.2ClH/c1-20-13-3-2-11(10-12(13)14)21(18,19)16-6-9-17-7-4-15-5-8-17;;/h2-3,10,15-16H,4-9H2,1H3;2*1H. The van der Waals surface area contributed by atoms with Crippen molar-refractivity contribution >= 4 is 34.8 Å². The van der Waals surface area contributed by atoms with E-state index in [1.54, 1.807) is 0 Å². The number of methoxy groups -OCH3 is 1. The maximum Gasteiger partial charge on any atom is 0.240 e. The van der Waals surface area contributed by atoms with E-state index < -0.39 is 15.8 Å². The van der Waals surface area contributed by atoms with Crippen LogP contribution in [0.15, 0.2) is 23.1 Å². The minimum Gasteiger partial charge on any atom is -0.494 e. The molecule has 1 fully saturated rings. The normalized spacial score (nSPS) is 15.4. The summed E-state index contributed by atoms with van der Waals surface area (Å²) in [5.74, 6) is -0.669. The number of sulfonamides is 1. The first-order valence-electron chi connectivity index (χ1n) is 6.79. The summed E-state index contributed by atoms with van der Waals surface area (Å²) in [4.78, 5) is 2.08. The zero-order valence-corrected chi connectivity index (χ0v) is 15.2. The second-order valence-electron chi connectivity index (χ2n) is 4.79. The molecule has 6 nitrogen and oxygen atoms in total. The summed E-state index contributed by atoms with van der Waals surface area (Å²) in [6.45, 7) is 4.57. The van der Waals surface area contributed by atoms with Crippen LogP contribution in [0, 0.1) is 5.82 Å². The molecule has 2 N–H and O–H groups in total. The molecule has 0 aromatic heterocycles. The maximum absolute atomic E-state index is 13.6. The Morgan fingerprint density at radius 2 is 1.96 bits per heavy atom. The van der Waals surface area contributed by atoms with Gasteiger partial charge in [0.25, 0.3) is 0 Å². The molecule has 1 heterocycles. The summed E-state index contributed by atoms with van der Waals surface area (Å²) >= 11 is 0. The third-order valence-corrected chi connectivity index (χ3v) is 4.82. The molecule has 0 aliphatic carbocycles. The van der Waals surface area contributed by atoms with Crippen LogP contribution in [-0.2, 0) is 10.0 Å². The van der Waals surface area contributed by atoms with Crippen molar-refractivity contribution in [2.75, 3.05) is 46.4 Å². The van der Waals surface area contributed by atoms with E-state index >= 15 is 0 Å². The largest absolute Gasteiger partial charge is 0.494 e. The number of benzene rings is 1. The van der Waals surface area contributed by atoms with Gasteiger partial charge < -0.3 is 10.1 Å². The van der Waals surface area contributed by atoms with Gasteiger partial charge in [-0.2, -0.15) is 0 Å².